The van der Waals surface area contributed by atoms with Crippen LogP contribution in [-0.4, -0.2) is 34.8 Å². The molecule has 2 fully saturated rings. The molecule has 2 aromatic rings. The van der Waals surface area contributed by atoms with Crippen LogP contribution in [0.5, 0.6) is 0 Å². The molecule has 1 saturated heterocycles. The molecule has 29 heavy (non-hydrogen) atoms. The zero-order valence-corrected chi connectivity index (χ0v) is 17.5. The molecule has 7 heteroatoms. The molecule has 2 heterocycles. The second-order valence-corrected chi connectivity index (χ2v) is 8.56. The molecule has 1 aliphatic carbocycles. The standard InChI is InChI=1S/C22H27ClN4O2/c1-15-8-9-18(13-19(15)23)27-21(28)11-10-20(25-27)26-12-4-5-16(14-26)22(29)24-17-6-2-3-7-17/h8-11,13,16-17H,2-7,12,14H2,1H3,(H,24,29)/t16-/m0/s1. The van der Waals surface area contributed by atoms with E-state index in [0.29, 0.717) is 29.1 Å². The number of halogens is 1. The topological polar surface area (TPSA) is 67.2 Å². The maximum atomic E-state index is 12.7. The van der Waals surface area contributed by atoms with Crippen molar-refractivity contribution in [1.29, 1.82) is 0 Å². The van der Waals surface area contributed by atoms with Gasteiger partial charge in [0.15, 0.2) is 0 Å². The minimum absolute atomic E-state index is 0.0413. The fourth-order valence-electron chi connectivity index (χ4n) is 4.26. The van der Waals surface area contributed by atoms with Gasteiger partial charge in [-0.3, -0.25) is 9.59 Å². The number of benzene rings is 1. The zero-order valence-electron chi connectivity index (χ0n) is 16.7. The van der Waals surface area contributed by atoms with Crippen LogP contribution in [-0.2, 0) is 4.79 Å². The molecule has 1 N–H and O–H groups in total. The number of nitrogens with zero attached hydrogens (tertiary/aromatic N) is 3. The number of aromatic nitrogens is 2. The number of rotatable bonds is 4. The first-order valence-corrected chi connectivity index (χ1v) is 10.8. The summed E-state index contributed by atoms with van der Waals surface area (Å²) in [6, 6.07) is 9.08. The van der Waals surface area contributed by atoms with Crippen molar-refractivity contribution in [2.45, 2.75) is 51.5 Å². The largest absolute Gasteiger partial charge is 0.354 e. The molecule has 1 aliphatic heterocycles. The van der Waals surface area contributed by atoms with Crippen molar-refractivity contribution in [3.8, 4) is 5.69 Å². The zero-order chi connectivity index (χ0) is 20.4. The summed E-state index contributed by atoms with van der Waals surface area (Å²) >= 11 is 6.23. The number of nitrogens with one attached hydrogen (secondary N) is 1. The number of piperidine rings is 1. The summed E-state index contributed by atoms with van der Waals surface area (Å²) < 4.78 is 1.38. The highest BCUT2D eigenvalue weighted by molar-refractivity contribution is 6.31. The van der Waals surface area contributed by atoms with E-state index in [1.165, 1.54) is 23.6 Å². The Morgan fingerprint density at radius 2 is 1.93 bits per heavy atom. The Morgan fingerprint density at radius 1 is 1.14 bits per heavy atom. The molecular weight excluding hydrogens is 388 g/mol. The summed E-state index contributed by atoms with van der Waals surface area (Å²) in [5.74, 6) is 0.820. The van der Waals surface area contributed by atoms with Crippen molar-refractivity contribution in [2.24, 2.45) is 5.92 Å². The molecule has 0 spiro atoms. The number of aryl methyl sites for hydroxylation is 1. The number of anilines is 1. The van der Waals surface area contributed by atoms with Crippen molar-refractivity contribution in [3.05, 3.63) is 51.3 Å². The lowest BCUT2D eigenvalue weighted by molar-refractivity contribution is -0.125. The van der Waals surface area contributed by atoms with Gasteiger partial charge in [-0.2, -0.15) is 4.68 Å². The first kappa shape index (κ1) is 20.0. The van der Waals surface area contributed by atoms with Crippen LogP contribution in [0.1, 0.15) is 44.1 Å². The van der Waals surface area contributed by atoms with Gasteiger partial charge in [-0.05, 0) is 56.4 Å². The van der Waals surface area contributed by atoms with E-state index in [4.69, 9.17) is 11.6 Å². The van der Waals surface area contributed by atoms with Crippen molar-refractivity contribution in [2.75, 3.05) is 18.0 Å². The molecule has 4 rings (SSSR count). The van der Waals surface area contributed by atoms with E-state index < -0.39 is 0 Å². The second kappa shape index (κ2) is 8.57. The van der Waals surface area contributed by atoms with Crippen molar-refractivity contribution in [1.82, 2.24) is 15.1 Å². The summed E-state index contributed by atoms with van der Waals surface area (Å²) in [4.78, 5) is 27.2. The fourth-order valence-corrected chi connectivity index (χ4v) is 4.43. The number of hydrogen-bond acceptors (Lipinski definition) is 4. The minimum Gasteiger partial charge on any atom is -0.354 e. The summed E-state index contributed by atoms with van der Waals surface area (Å²) in [7, 11) is 0. The smallest absolute Gasteiger partial charge is 0.271 e. The van der Waals surface area contributed by atoms with Crippen LogP contribution in [0, 0.1) is 12.8 Å². The van der Waals surface area contributed by atoms with Gasteiger partial charge in [-0.15, -0.1) is 5.10 Å². The summed E-state index contributed by atoms with van der Waals surface area (Å²) in [6.07, 6.45) is 6.41. The van der Waals surface area contributed by atoms with Gasteiger partial charge in [0.25, 0.3) is 5.56 Å². The average molecular weight is 415 g/mol. The third-order valence-electron chi connectivity index (χ3n) is 6.00. The Kier molecular flexibility index (Phi) is 5.90. The molecule has 2 aliphatic rings. The lowest BCUT2D eigenvalue weighted by Gasteiger charge is -2.33. The lowest BCUT2D eigenvalue weighted by Crippen LogP contribution is -2.46. The minimum atomic E-state index is -0.207. The number of carbonyl (C=O) groups excluding carboxylic acids is 1. The highest BCUT2D eigenvalue weighted by atomic mass is 35.5. The molecule has 0 radical (unpaired) electrons. The summed E-state index contributed by atoms with van der Waals surface area (Å²) in [6.45, 7) is 3.37. The van der Waals surface area contributed by atoms with Crippen LogP contribution >= 0.6 is 11.6 Å². The monoisotopic (exact) mass is 414 g/mol. The van der Waals surface area contributed by atoms with E-state index in [-0.39, 0.29) is 17.4 Å². The van der Waals surface area contributed by atoms with Crippen molar-refractivity contribution >= 4 is 23.3 Å². The van der Waals surface area contributed by atoms with Gasteiger partial charge in [-0.1, -0.05) is 30.5 Å². The molecular formula is C22H27ClN4O2. The number of amides is 1. The summed E-state index contributed by atoms with van der Waals surface area (Å²) in [5.41, 5.74) is 1.38. The van der Waals surface area contributed by atoms with Crippen LogP contribution in [0.2, 0.25) is 5.02 Å². The van der Waals surface area contributed by atoms with Crippen LogP contribution in [0.4, 0.5) is 5.82 Å². The number of hydrogen-bond donors (Lipinski definition) is 1. The van der Waals surface area contributed by atoms with E-state index in [2.05, 4.69) is 15.3 Å². The van der Waals surface area contributed by atoms with Crippen molar-refractivity contribution in [3.63, 3.8) is 0 Å². The molecule has 1 amide bonds. The predicted molar refractivity (Wildman–Crippen MR) is 115 cm³/mol. The Balaban J connectivity index is 1.52. The summed E-state index contributed by atoms with van der Waals surface area (Å²) in [5, 5.41) is 8.40. The Morgan fingerprint density at radius 3 is 2.69 bits per heavy atom. The van der Waals surface area contributed by atoms with Gasteiger partial charge >= 0.3 is 0 Å². The van der Waals surface area contributed by atoms with E-state index in [0.717, 1.165) is 37.8 Å². The first-order valence-electron chi connectivity index (χ1n) is 10.4. The van der Waals surface area contributed by atoms with Crippen molar-refractivity contribution < 1.29 is 4.79 Å². The maximum Gasteiger partial charge on any atom is 0.271 e. The van der Waals surface area contributed by atoms with Gasteiger partial charge in [0.05, 0.1) is 11.6 Å². The predicted octanol–water partition coefficient (Wildman–Crippen LogP) is 3.47. The highest BCUT2D eigenvalue weighted by Crippen LogP contribution is 2.24. The highest BCUT2D eigenvalue weighted by Gasteiger charge is 2.29. The normalized spacial score (nSPS) is 20.1. The van der Waals surface area contributed by atoms with Crippen LogP contribution in [0.3, 0.4) is 0 Å². The second-order valence-electron chi connectivity index (χ2n) is 8.15. The van der Waals surface area contributed by atoms with E-state index in [1.807, 2.05) is 19.1 Å². The van der Waals surface area contributed by atoms with Gasteiger partial charge < -0.3 is 10.2 Å². The van der Waals surface area contributed by atoms with Crippen LogP contribution < -0.4 is 15.8 Å². The first-order chi connectivity index (χ1) is 14.0. The molecule has 6 nitrogen and oxygen atoms in total. The average Bonchev–Trinajstić information content (AvgIpc) is 3.23. The Hall–Kier alpha value is -2.34. The molecule has 1 aromatic heterocycles. The number of carbonyl (C=O) groups is 1. The van der Waals surface area contributed by atoms with Gasteiger partial charge in [-0.25, -0.2) is 0 Å². The maximum absolute atomic E-state index is 12.7. The molecule has 0 bridgehead atoms. The lowest BCUT2D eigenvalue weighted by atomic mass is 9.96. The third kappa shape index (κ3) is 4.47. The quantitative estimate of drug-likeness (QED) is 0.831. The SMILES string of the molecule is Cc1ccc(-n2nc(N3CCC[C@H](C(=O)NC4CCCC4)C3)ccc2=O)cc1Cl. The Bertz CT molecular complexity index is 952. The third-order valence-corrected chi connectivity index (χ3v) is 6.41. The molecule has 0 unspecified atom stereocenters. The Labute approximate surface area is 175 Å². The molecule has 1 saturated carbocycles. The van der Waals surface area contributed by atoms with Crippen LogP contribution in [0.15, 0.2) is 35.1 Å². The van der Waals surface area contributed by atoms with Gasteiger partial charge in [0, 0.05) is 30.2 Å². The van der Waals surface area contributed by atoms with E-state index >= 15 is 0 Å². The fraction of sp³-hybridized carbons (Fsp3) is 0.500. The van der Waals surface area contributed by atoms with E-state index in [9.17, 15) is 9.59 Å². The molecule has 154 valence electrons. The van der Waals surface area contributed by atoms with Crippen LogP contribution in [0.25, 0.3) is 5.69 Å². The molecule has 1 atom stereocenters. The van der Waals surface area contributed by atoms with Gasteiger partial charge in [0.1, 0.15) is 5.82 Å². The molecule has 1 aromatic carbocycles. The van der Waals surface area contributed by atoms with E-state index in [1.54, 1.807) is 12.1 Å². The van der Waals surface area contributed by atoms with Gasteiger partial charge in [0.2, 0.25) is 5.91 Å².